The Hall–Kier alpha value is -2.08. The summed E-state index contributed by atoms with van der Waals surface area (Å²) in [5.41, 5.74) is 7.43. The zero-order valence-electron chi connectivity index (χ0n) is 11.1. The van der Waals surface area contributed by atoms with Crippen LogP contribution in [0.4, 0.5) is 11.5 Å². The van der Waals surface area contributed by atoms with E-state index in [9.17, 15) is 4.79 Å². The van der Waals surface area contributed by atoms with Gasteiger partial charge in [-0.15, -0.1) is 0 Å². The van der Waals surface area contributed by atoms with Crippen LogP contribution in [0.3, 0.4) is 0 Å². The van der Waals surface area contributed by atoms with E-state index in [1.165, 1.54) is 13.3 Å². The Morgan fingerprint density at radius 1 is 1.40 bits per heavy atom. The van der Waals surface area contributed by atoms with Gasteiger partial charge < -0.3 is 15.8 Å². The summed E-state index contributed by atoms with van der Waals surface area (Å²) in [6.07, 6.45) is 1.50. The van der Waals surface area contributed by atoms with Gasteiger partial charge in [-0.3, -0.25) is 4.79 Å². The first-order chi connectivity index (χ1) is 9.51. The number of hydrogen-bond acceptors (Lipinski definition) is 4. The van der Waals surface area contributed by atoms with Gasteiger partial charge >= 0.3 is 0 Å². The van der Waals surface area contributed by atoms with Gasteiger partial charge in [0, 0.05) is 4.47 Å². The highest BCUT2D eigenvalue weighted by atomic mass is 79.9. The predicted octanol–water partition coefficient (Wildman–Crippen LogP) is 3.00. The topological polar surface area (TPSA) is 77.2 Å². The van der Waals surface area contributed by atoms with E-state index in [2.05, 4.69) is 26.2 Å². The Morgan fingerprint density at radius 2 is 2.15 bits per heavy atom. The van der Waals surface area contributed by atoms with Crippen LogP contribution in [0, 0.1) is 6.92 Å². The SMILES string of the molecule is COc1cc(Br)ccc1C(=O)Nc1ncc(N)cc1C. The van der Waals surface area contributed by atoms with Crippen molar-refractivity contribution in [3.8, 4) is 5.75 Å². The zero-order valence-corrected chi connectivity index (χ0v) is 12.7. The zero-order chi connectivity index (χ0) is 14.7. The summed E-state index contributed by atoms with van der Waals surface area (Å²) in [5.74, 6) is 0.689. The van der Waals surface area contributed by atoms with Crippen molar-refractivity contribution in [2.24, 2.45) is 0 Å². The van der Waals surface area contributed by atoms with Crippen molar-refractivity contribution in [2.45, 2.75) is 6.92 Å². The fourth-order valence-electron chi connectivity index (χ4n) is 1.75. The van der Waals surface area contributed by atoms with Gasteiger partial charge in [0.05, 0.1) is 24.6 Å². The number of pyridine rings is 1. The quantitative estimate of drug-likeness (QED) is 0.903. The number of aryl methyl sites for hydroxylation is 1. The fourth-order valence-corrected chi connectivity index (χ4v) is 2.09. The van der Waals surface area contributed by atoms with E-state index >= 15 is 0 Å². The summed E-state index contributed by atoms with van der Waals surface area (Å²) >= 11 is 3.33. The van der Waals surface area contributed by atoms with E-state index in [-0.39, 0.29) is 5.91 Å². The molecule has 0 saturated carbocycles. The van der Waals surface area contributed by atoms with Crippen LogP contribution in [0.1, 0.15) is 15.9 Å². The minimum atomic E-state index is -0.283. The Morgan fingerprint density at radius 3 is 2.80 bits per heavy atom. The lowest BCUT2D eigenvalue weighted by Crippen LogP contribution is -2.15. The minimum absolute atomic E-state index is 0.283. The van der Waals surface area contributed by atoms with Gasteiger partial charge in [0.15, 0.2) is 0 Å². The highest BCUT2D eigenvalue weighted by Gasteiger charge is 2.14. The molecule has 20 heavy (non-hydrogen) atoms. The number of anilines is 2. The van der Waals surface area contributed by atoms with Gasteiger partial charge in [-0.05, 0) is 36.8 Å². The molecule has 0 aliphatic rings. The number of carbonyl (C=O) groups is 1. The van der Waals surface area contributed by atoms with Crippen molar-refractivity contribution in [1.82, 2.24) is 4.98 Å². The third-order valence-electron chi connectivity index (χ3n) is 2.74. The smallest absolute Gasteiger partial charge is 0.260 e. The van der Waals surface area contributed by atoms with Gasteiger partial charge in [0.1, 0.15) is 11.6 Å². The maximum absolute atomic E-state index is 12.3. The van der Waals surface area contributed by atoms with Crippen LogP contribution in [-0.4, -0.2) is 18.0 Å². The molecule has 0 aliphatic heterocycles. The van der Waals surface area contributed by atoms with Crippen molar-refractivity contribution < 1.29 is 9.53 Å². The monoisotopic (exact) mass is 335 g/mol. The second kappa shape index (κ2) is 5.92. The van der Waals surface area contributed by atoms with Crippen molar-refractivity contribution in [2.75, 3.05) is 18.2 Å². The van der Waals surface area contributed by atoms with Crippen LogP contribution in [0.5, 0.6) is 5.75 Å². The maximum atomic E-state index is 12.3. The molecular weight excluding hydrogens is 322 g/mol. The molecule has 0 bridgehead atoms. The molecule has 2 aromatic rings. The summed E-state index contributed by atoms with van der Waals surface area (Å²) in [6, 6.07) is 6.95. The number of ether oxygens (including phenoxy) is 1. The number of halogens is 1. The average Bonchev–Trinajstić information content (AvgIpc) is 2.41. The van der Waals surface area contributed by atoms with Crippen LogP contribution in [0.15, 0.2) is 34.9 Å². The summed E-state index contributed by atoms with van der Waals surface area (Å²) in [4.78, 5) is 16.4. The molecule has 0 aliphatic carbocycles. The Kier molecular flexibility index (Phi) is 4.24. The van der Waals surface area contributed by atoms with Crippen molar-refractivity contribution in [1.29, 1.82) is 0 Å². The van der Waals surface area contributed by atoms with Crippen LogP contribution in [0.25, 0.3) is 0 Å². The first-order valence-electron chi connectivity index (χ1n) is 5.88. The van der Waals surface area contributed by atoms with Crippen molar-refractivity contribution >= 4 is 33.3 Å². The first-order valence-corrected chi connectivity index (χ1v) is 6.67. The number of nitrogen functional groups attached to an aromatic ring is 1. The van der Waals surface area contributed by atoms with E-state index in [1.807, 2.05) is 6.92 Å². The van der Waals surface area contributed by atoms with Crippen LogP contribution in [0.2, 0.25) is 0 Å². The lowest BCUT2D eigenvalue weighted by molar-refractivity contribution is 0.102. The number of rotatable bonds is 3. The summed E-state index contributed by atoms with van der Waals surface area (Å²) in [7, 11) is 1.52. The second-order valence-electron chi connectivity index (χ2n) is 4.23. The lowest BCUT2D eigenvalue weighted by atomic mass is 10.2. The number of aromatic nitrogens is 1. The Bertz CT molecular complexity index is 659. The molecule has 3 N–H and O–H groups in total. The maximum Gasteiger partial charge on any atom is 0.260 e. The molecule has 104 valence electrons. The number of benzene rings is 1. The molecular formula is C14H14BrN3O2. The van der Waals surface area contributed by atoms with E-state index in [0.717, 1.165) is 10.0 Å². The van der Waals surface area contributed by atoms with Gasteiger partial charge in [-0.25, -0.2) is 4.98 Å². The standard InChI is InChI=1S/C14H14BrN3O2/c1-8-5-10(16)7-17-13(8)18-14(19)11-4-3-9(15)6-12(11)20-2/h3-7H,16H2,1-2H3,(H,17,18,19). The van der Waals surface area contributed by atoms with Crippen molar-refractivity contribution in [3.63, 3.8) is 0 Å². The molecule has 1 aromatic carbocycles. The minimum Gasteiger partial charge on any atom is -0.496 e. The molecule has 1 aromatic heterocycles. The lowest BCUT2D eigenvalue weighted by Gasteiger charge is -2.11. The molecule has 0 spiro atoms. The fraction of sp³-hybridized carbons (Fsp3) is 0.143. The highest BCUT2D eigenvalue weighted by molar-refractivity contribution is 9.10. The molecule has 0 atom stereocenters. The van der Waals surface area contributed by atoms with Gasteiger partial charge in [-0.1, -0.05) is 15.9 Å². The van der Waals surface area contributed by atoms with Crippen LogP contribution < -0.4 is 15.8 Å². The number of carbonyl (C=O) groups excluding carboxylic acids is 1. The summed E-state index contributed by atoms with van der Waals surface area (Å²) in [5, 5.41) is 2.75. The first kappa shape index (κ1) is 14.3. The highest BCUT2D eigenvalue weighted by Crippen LogP contribution is 2.24. The van der Waals surface area contributed by atoms with Crippen LogP contribution in [-0.2, 0) is 0 Å². The third kappa shape index (κ3) is 3.08. The normalized spacial score (nSPS) is 10.2. The molecule has 1 amide bonds. The largest absolute Gasteiger partial charge is 0.496 e. The van der Waals surface area contributed by atoms with Gasteiger partial charge in [-0.2, -0.15) is 0 Å². The predicted molar refractivity (Wildman–Crippen MR) is 82.0 cm³/mol. The number of hydrogen-bond donors (Lipinski definition) is 2. The molecule has 2 rings (SSSR count). The number of amides is 1. The molecule has 1 heterocycles. The third-order valence-corrected chi connectivity index (χ3v) is 3.23. The van der Waals surface area contributed by atoms with Crippen molar-refractivity contribution in [3.05, 3.63) is 46.1 Å². The van der Waals surface area contributed by atoms with Gasteiger partial charge in [0.2, 0.25) is 0 Å². The number of nitrogens with one attached hydrogen (secondary N) is 1. The summed E-state index contributed by atoms with van der Waals surface area (Å²) in [6.45, 7) is 1.83. The molecule has 0 unspecified atom stereocenters. The number of nitrogens with two attached hydrogens (primary N) is 1. The summed E-state index contributed by atoms with van der Waals surface area (Å²) < 4.78 is 6.04. The number of methoxy groups -OCH3 is 1. The molecule has 0 radical (unpaired) electrons. The van der Waals surface area contributed by atoms with Gasteiger partial charge in [0.25, 0.3) is 5.91 Å². The molecule has 0 saturated heterocycles. The van der Waals surface area contributed by atoms with Crippen LogP contribution >= 0.6 is 15.9 Å². The van der Waals surface area contributed by atoms with E-state index in [1.54, 1.807) is 24.3 Å². The molecule has 0 fully saturated rings. The van der Waals surface area contributed by atoms with E-state index in [4.69, 9.17) is 10.5 Å². The van der Waals surface area contributed by atoms with E-state index in [0.29, 0.717) is 22.8 Å². The second-order valence-corrected chi connectivity index (χ2v) is 5.15. The number of nitrogens with zero attached hydrogens (tertiary/aromatic N) is 1. The molecule has 5 nitrogen and oxygen atoms in total. The van der Waals surface area contributed by atoms with E-state index < -0.39 is 0 Å². The Balaban J connectivity index is 2.28. The average molecular weight is 336 g/mol. The molecule has 6 heteroatoms. The Labute approximate surface area is 125 Å².